The highest BCUT2D eigenvalue weighted by molar-refractivity contribution is 5.91. The number of hydrogen-bond acceptors (Lipinski definition) is 3. The highest BCUT2D eigenvalue weighted by atomic mass is 16.5. The van der Waals surface area contributed by atoms with Gasteiger partial charge in [0, 0.05) is 18.2 Å². The smallest absolute Gasteiger partial charge is 0.225 e. The first-order chi connectivity index (χ1) is 8.78. The number of methoxy groups -OCH3 is 1. The molecule has 0 radical (unpaired) electrons. The van der Waals surface area contributed by atoms with Crippen molar-refractivity contribution in [3.63, 3.8) is 0 Å². The first-order valence-electron chi connectivity index (χ1n) is 6.45. The minimum absolute atomic E-state index is 0.0690. The Bertz CT molecular complexity index is 383. The number of carbonyl (C=O) groups excluding carboxylic acids is 1. The highest BCUT2D eigenvalue weighted by Crippen LogP contribution is 2.16. The first kappa shape index (κ1) is 12.9. The monoisotopic (exact) mass is 248 g/mol. The molecule has 18 heavy (non-hydrogen) atoms. The summed E-state index contributed by atoms with van der Waals surface area (Å²) in [4.78, 5) is 11.9. The average molecular weight is 248 g/mol. The van der Waals surface area contributed by atoms with Crippen LogP contribution in [0.5, 0.6) is 5.75 Å². The minimum Gasteiger partial charge on any atom is -0.497 e. The Morgan fingerprint density at radius 1 is 1.39 bits per heavy atom. The zero-order valence-corrected chi connectivity index (χ0v) is 10.7. The van der Waals surface area contributed by atoms with Crippen molar-refractivity contribution in [2.24, 2.45) is 0 Å². The van der Waals surface area contributed by atoms with Gasteiger partial charge < -0.3 is 15.4 Å². The molecule has 1 aromatic rings. The Morgan fingerprint density at radius 3 is 2.78 bits per heavy atom. The van der Waals surface area contributed by atoms with E-state index in [0.29, 0.717) is 12.5 Å². The summed E-state index contributed by atoms with van der Waals surface area (Å²) in [5.41, 5.74) is 0.816. The molecule has 98 valence electrons. The van der Waals surface area contributed by atoms with Gasteiger partial charge in [0.1, 0.15) is 5.75 Å². The van der Waals surface area contributed by atoms with Crippen molar-refractivity contribution in [2.45, 2.75) is 31.7 Å². The Kier molecular flexibility index (Phi) is 4.59. The maximum atomic E-state index is 11.9. The molecule has 1 amide bonds. The second kappa shape index (κ2) is 6.40. The van der Waals surface area contributed by atoms with Crippen molar-refractivity contribution >= 4 is 11.6 Å². The third-order valence-corrected chi connectivity index (χ3v) is 3.22. The Labute approximate surface area is 108 Å². The van der Waals surface area contributed by atoms with E-state index in [9.17, 15) is 4.79 Å². The number of amides is 1. The summed E-state index contributed by atoms with van der Waals surface area (Å²) in [6, 6.07) is 7.72. The van der Waals surface area contributed by atoms with Crippen LogP contribution in [0.3, 0.4) is 0 Å². The normalized spacial score (nSPS) is 19.3. The zero-order valence-electron chi connectivity index (χ0n) is 10.7. The molecule has 0 aromatic heterocycles. The predicted octanol–water partition coefficient (Wildman–Crippen LogP) is 2.17. The molecule has 1 atom stereocenters. The average Bonchev–Trinajstić information content (AvgIpc) is 2.40. The van der Waals surface area contributed by atoms with E-state index in [0.717, 1.165) is 24.4 Å². The molecule has 4 heteroatoms. The lowest BCUT2D eigenvalue weighted by molar-refractivity contribution is -0.116. The second-order valence-electron chi connectivity index (χ2n) is 4.63. The van der Waals surface area contributed by atoms with Gasteiger partial charge in [0.15, 0.2) is 0 Å². The van der Waals surface area contributed by atoms with Gasteiger partial charge >= 0.3 is 0 Å². The number of nitrogens with one attached hydrogen (secondary N) is 2. The number of carbonyl (C=O) groups is 1. The third-order valence-electron chi connectivity index (χ3n) is 3.22. The Balaban J connectivity index is 1.82. The molecular formula is C14H20N2O2. The molecule has 1 heterocycles. The predicted molar refractivity (Wildman–Crippen MR) is 71.9 cm³/mol. The van der Waals surface area contributed by atoms with E-state index in [1.807, 2.05) is 24.3 Å². The van der Waals surface area contributed by atoms with Crippen molar-refractivity contribution in [3.8, 4) is 5.75 Å². The van der Waals surface area contributed by atoms with Crippen LogP contribution < -0.4 is 15.4 Å². The molecule has 0 aliphatic carbocycles. The highest BCUT2D eigenvalue weighted by Gasteiger charge is 2.16. The standard InChI is InChI=1S/C14H20N2O2/c1-18-13-7-5-11(6-8-13)16-14(17)10-12-4-2-3-9-15-12/h5-8,12,15H,2-4,9-10H2,1H3,(H,16,17). The maximum Gasteiger partial charge on any atom is 0.225 e. The van der Waals surface area contributed by atoms with Gasteiger partial charge in [-0.3, -0.25) is 4.79 Å². The van der Waals surface area contributed by atoms with E-state index >= 15 is 0 Å². The van der Waals surface area contributed by atoms with Crippen molar-refractivity contribution in [1.82, 2.24) is 5.32 Å². The number of ether oxygens (including phenoxy) is 1. The van der Waals surface area contributed by atoms with E-state index < -0.39 is 0 Å². The molecule has 1 unspecified atom stereocenters. The van der Waals surface area contributed by atoms with E-state index in [2.05, 4.69) is 10.6 Å². The van der Waals surface area contributed by atoms with Gasteiger partial charge in [-0.05, 0) is 43.7 Å². The largest absolute Gasteiger partial charge is 0.497 e. The first-order valence-corrected chi connectivity index (χ1v) is 6.45. The van der Waals surface area contributed by atoms with E-state index in [-0.39, 0.29) is 5.91 Å². The Morgan fingerprint density at radius 2 is 2.17 bits per heavy atom. The van der Waals surface area contributed by atoms with Crippen LogP contribution in [-0.4, -0.2) is 25.6 Å². The van der Waals surface area contributed by atoms with Gasteiger partial charge in [0.25, 0.3) is 0 Å². The molecule has 1 fully saturated rings. The van der Waals surface area contributed by atoms with Crippen LogP contribution in [0.4, 0.5) is 5.69 Å². The summed E-state index contributed by atoms with van der Waals surface area (Å²) in [7, 11) is 1.63. The van der Waals surface area contributed by atoms with Gasteiger partial charge in [-0.1, -0.05) is 6.42 Å². The van der Waals surface area contributed by atoms with Gasteiger partial charge in [0.2, 0.25) is 5.91 Å². The number of benzene rings is 1. The molecule has 2 N–H and O–H groups in total. The van der Waals surface area contributed by atoms with Crippen LogP contribution in [0.1, 0.15) is 25.7 Å². The molecule has 0 saturated carbocycles. The van der Waals surface area contributed by atoms with Crippen LogP contribution in [0, 0.1) is 0 Å². The SMILES string of the molecule is COc1ccc(NC(=O)CC2CCCCN2)cc1. The summed E-state index contributed by atoms with van der Waals surface area (Å²) in [6.45, 7) is 1.03. The topological polar surface area (TPSA) is 50.4 Å². The molecule has 1 saturated heterocycles. The van der Waals surface area contributed by atoms with Gasteiger partial charge in [-0.2, -0.15) is 0 Å². The summed E-state index contributed by atoms with van der Waals surface area (Å²) in [5.74, 6) is 0.863. The van der Waals surface area contributed by atoms with Crippen LogP contribution >= 0.6 is 0 Å². The molecule has 0 spiro atoms. The molecular weight excluding hydrogens is 228 g/mol. The third kappa shape index (κ3) is 3.74. The lowest BCUT2D eigenvalue weighted by Gasteiger charge is -2.22. The van der Waals surface area contributed by atoms with Crippen LogP contribution in [-0.2, 0) is 4.79 Å². The second-order valence-corrected chi connectivity index (χ2v) is 4.63. The van der Waals surface area contributed by atoms with Crippen molar-refractivity contribution in [1.29, 1.82) is 0 Å². The molecule has 0 bridgehead atoms. The molecule has 4 nitrogen and oxygen atoms in total. The van der Waals surface area contributed by atoms with E-state index in [1.54, 1.807) is 7.11 Å². The molecule has 2 rings (SSSR count). The molecule has 1 aromatic carbocycles. The zero-order chi connectivity index (χ0) is 12.8. The lowest BCUT2D eigenvalue weighted by Crippen LogP contribution is -2.36. The fraction of sp³-hybridized carbons (Fsp3) is 0.500. The number of piperidine rings is 1. The Hall–Kier alpha value is -1.55. The summed E-state index contributed by atoms with van der Waals surface area (Å²) in [5, 5.41) is 6.28. The van der Waals surface area contributed by atoms with Crippen molar-refractivity contribution in [2.75, 3.05) is 19.0 Å². The van der Waals surface area contributed by atoms with E-state index in [1.165, 1.54) is 12.8 Å². The summed E-state index contributed by atoms with van der Waals surface area (Å²) in [6.07, 6.45) is 4.08. The number of hydrogen-bond donors (Lipinski definition) is 2. The van der Waals surface area contributed by atoms with Gasteiger partial charge in [-0.25, -0.2) is 0 Å². The molecule has 1 aliphatic rings. The lowest BCUT2D eigenvalue weighted by atomic mass is 10.0. The van der Waals surface area contributed by atoms with Crippen LogP contribution in [0.15, 0.2) is 24.3 Å². The van der Waals surface area contributed by atoms with Crippen molar-refractivity contribution < 1.29 is 9.53 Å². The maximum absolute atomic E-state index is 11.9. The fourth-order valence-electron chi connectivity index (χ4n) is 2.21. The minimum atomic E-state index is 0.0690. The van der Waals surface area contributed by atoms with E-state index in [4.69, 9.17) is 4.74 Å². The van der Waals surface area contributed by atoms with Gasteiger partial charge in [-0.15, -0.1) is 0 Å². The fourth-order valence-corrected chi connectivity index (χ4v) is 2.21. The van der Waals surface area contributed by atoms with Gasteiger partial charge in [0.05, 0.1) is 7.11 Å². The number of rotatable bonds is 4. The van der Waals surface area contributed by atoms with Crippen LogP contribution in [0.25, 0.3) is 0 Å². The molecule has 1 aliphatic heterocycles. The van der Waals surface area contributed by atoms with Crippen LogP contribution in [0.2, 0.25) is 0 Å². The quantitative estimate of drug-likeness (QED) is 0.858. The summed E-state index contributed by atoms with van der Waals surface area (Å²) >= 11 is 0. The van der Waals surface area contributed by atoms with Crippen molar-refractivity contribution in [3.05, 3.63) is 24.3 Å². The summed E-state index contributed by atoms with van der Waals surface area (Å²) < 4.78 is 5.07. The number of anilines is 1.